The summed E-state index contributed by atoms with van der Waals surface area (Å²) in [6.45, 7) is 0.244. The first-order valence-corrected chi connectivity index (χ1v) is 10.0. The molecular formula is C21H29Cl2N9O3. The van der Waals surface area contributed by atoms with Gasteiger partial charge in [0.15, 0.2) is 0 Å². The van der Waals surface area contributed by atoms with Gasteiger partial charge in [-0.1, -0.05) is 0 Å². The minimum Gasteiger partial charge on any atom is -0.397 e. The standard InChI is InChI=1S/C21H27N9O3.2ClH/c1-28-9-12(22)6-15(28)20(32)26-14-8-17(30(3)11-14)21(33)27-13-7-16(29(2)10-13)19(31)25-5-4-18(23)24;;/h6-11H,4-5,22H2,1-3H3,(H3,23,24)(H,25,31)(H,26,32)(H,27,33);2*1H. The van der Waals surface area contributed by atoms with Crippen LogP contribution in [-0.4, -0.2) is 43.8 Å². The summed E-state index contributed by atoms with van der Waals surface area (Å²) in [6.07, 6.45) is 5.13. The molecule has 0 aromatic carbocycles. The van der Waals surface area contributed by atoms with Crippen molar-refractivity contribution in [2.45, 2.75) is 6.42 Å². The van der Waals surface area contributed by atoms with E-state index in [1.165, 1.54) is 0 Å². The van der Waals surface area contributed by atoms with E-state index in [2.05, 4.69) is 16.0 Å². The Balaban J connectivity index is 0.00000306. The molecule has 0 bridgehead atoms. The Morgan fingerprint density at radius 3 is 1.66 bits per heavy atom. The number of carbonyl (C=O) groups excluding carboxylic acids is 3. The number of nitrogens with zero attached hydrogens (tertiary/aromatic N) is 3. The van der Waals surface area contributed by atoms with Gasteiger partial charge in [-0.3, -0.25) is 19.8 Å². The molecule has 3 rings (SSSR count). The summed E-state index contributed by atoms with van der Waals surface area (Å²) in [6, 6.07) is 4.67. The molecule has 0 saturated carbocycles. The van der Waals surface area contributed by atoms with Crippen molar-refractivity contribution >= 4 is 65.4 Å². The maximum Gasteiger partial charge on any atom is 0.272 e. The van der Waals surface area contributed by atoms with Crippen molar-refractivity contribution in [3.8, 4) is 0 Å². The summed E-state index contributed by atoms with van der Waals surface area (Å²) in [5, 5.41) is 15.4. The van der Waals surface area contributed by atoms with E-state index in [1.807, 2.05) is 0 Å². The molecule has 190 valence electrons. The van der Waals surface area contributed by atoms with Gasteiger partial charge in [-0.15, -0.1) is 24.8 Å². The van der Waals surface area contributed by atoms with Gasteiger partial charge in [0.1, 0.15) is 17.1 Å². The molecule has 35 heavy (non-hydrogen) atoms. The van der Waals surface area contributed by atoms with Crippen molar-refractivity contribution < 1.29 is 14.4 Å². The number of halogens is 2. The highest BCUT2D eigenvalue weighted by molar-refractivity contribution is 6.07. The Labute approximate surface area is 214 Å². The number of hydrogen-bond donors (Lipinski definition) is 6. The lowest BCUT2D eigenvalue weighted by atomic mass is 10.3. The number of anilines is 3. The molecule has 0 radical (unpaired) electrons. The highest BCUT2D eigenvalue weighted by Gasteiger charge is 2.18. The van der Waals surface area contributed by atoms with Gasteiger partial charge in [0.2, 0.25) is 0 Å². The van der Waals surface area contributed by atoms with Crippen molar-refractivity contribution in [3.63, 3.8) is 0 Å². The number of hydrogen-bond acceptors (Lipinski definition) is 5. The number of aromatic nitrogens is 3. The lowest BCUT2D eigenvalue weighted by molar-refractivity contribution is 0.0945. The van der Waals surface area contributed by atoms with Crippen molar-refractivity contribution in [1.29, 1.82) is 5.41 Å². The first-order valence-electron chi connectivity index (χ1n) is 10.0. The third-order valence-electron chi connectivity index (χ3n) is 4.93. The van der Waals surface area contributed by atoms with Gasteiger partial charge >= 0.3 is 0 Å². The van der Waals surface area contributed by atoms with Crippen LogP contribution in [0.2, 0.25) is 0 Å². The fourth-order valence-corrected chi connectivity index (χ4v) is 3.32. The maximum absolute atomic E-state index is 12.8. The van der Waals surface area contributed by atoms with Crippen molar-refractivity contribution in [1.82, 2.24) is 19.0 Å². The number of nitrogen functional groups attached to an aromatic ring is 1. The Kier molecular flexibility index (Phi) is 9.98. The van der Waals surface area contributed by atoms with Crippen LogP contribution in [0.3, 0.4) is 0 Å². The van der Waals surface area contributed by atoms with E-state index in [9.17, 15) is 14.4 Å². The van der Waals surface area contributed by atoms with E-state index in [0.717, 1.165) is 0 Å². The van der Waals surface area contributed by atoms with Crippen molar-refractivity contribution in [2.75, 3.05) is 22.9 Å². The number of nitrogens with two attached hydrogens (primary N) is 2. The average molecular weight is 526 g/mol. The van der Waals surface area contributed by atoms with E-state index in [4.69, 9.17) is 16.9 Å². The van der Waals surface area contributed by atoms with Crippen LogP contribution in [0.4, 0.5) is 17.1 Å². The first kappa shape index (κ1) is 29.1. The van der Waals surface area contributed by atoms with E-state index in [1.54, 1.807) is 71.6 Å². The molecule has 0 aliphatic heterocycles. The van der Waals surface area contributed by atoms with Gasteiger partial charge in [0, 0.05) is 52.7 Å². The average Bonchev–Trinajstić information content (AvgIpc) is 3.37. The lowest BCUT2D eigenvalue weighted by Crippen LogP contribution is -2.28. The second-order valence-corrected chi connectivity index (χ2v) is 7.66. The molecule has 3 heterocycles. The molecule has 14 heteroatoms. The number of nitrogens with one attached hydrogen (secondary N) is 4. The third kappa shape index (κ3) is 7.04. The molecule has 3 aromatic rings. The van der Waals surface area contributed by atoms with Crippen LogP contribution in [0.25, 0.3) is 0 Å². The van der Waals surface area contributed by atoms with Crippen LogP contribution in [-0.2, 0) is 21.1 Å². The monoisotopic (exact) mass is 525 g/mol. The van der Waals surface area contributed by atoms with Gasteiger partial charge in [-0.25, -0.2) is 0 Å². The number of carbonyl (C=O) groups is 3. The molecule has 3 amide bonds. The molecule has 0 spiro atoms. The zero-order valence-electron chi connectivity index (χ0n) is 19.4. The molecular weight excluding hydrogens is 497 g/mol. The van der Waals surface area contributed by atoms with E-state index >= 15 is 0 Å². The van der Waals surface area contributed by atoms with E-state index in [-0.39, 0.29) is 55.4 Å². The summed E-state index contributed by atoms with van der Waals surface area (Å²) < 4.78 is 4.79. The predicted molar refractivity (Wildman–Crippen MR) is 140 cm³/mol. The molecule has 8 N–H and O–H groups in total. The molecule has 0 aliphatic carbocycles. The van der Waals surface area contributed by atoms with Gasteiger partial charge in [-0.2, -0.15) is 0 Å². The highest BCUT2D eigenvalue weighted by Crippen LogP contribution is 2.19. The van der Waals surface area contributed by atoms with E-state index < -0.39 is 5.91 Å². The van der Waals surface area contributed by atoms with E-state index in [0.29, 0.717) is 34.1 Å². The second kappa shape index (κ2) is 12.0. The zero-order valence-corrected chi connectivity index (χ0v) is 21.0. The molecule has 0 fully saturated rings. The fraction of sp³-hybridized carbons (Fsp3) is 0.238. The quantitative estimate of drug-likeness (QED) is 0.193. The van der Waals surface area contributed by atoms with Crippen molar-refractivity contribution in [2.24, 2.45) is 26.9 Å². The first-order chi connectivity index (χ1) is 15.5. The van der Waals surface area contributed by atoms with Crippen LogP contribution in [0.1, 0.15) is 37.9 Å². The van der Waals surface area contributed by atoms with Crippen LogP contribution in [0.15, 0.2) is 36.8 Å². The molecule has 0 saturated heterocycles. The highest BCUT2D eigenvalue weighted by atomic mass is 35.5. The maximum atomic E-state index is 12.8. The van der Waals surface area contributed by atoms with Gasteiger partial charge < -0.3 is 41.1 Å². The molecule has 0 aliphatic rings. The molecule has 3 aromatic heterocycles. The fourth-order valence-electron chi connectivity index (χ4n) is 3.32. The normalized spacial score (nSPS) is 10.0. The smallest absolute Gasteiger partial charge is 0.272 e. The number of amides is 3. The third-order valence-corrected chi connectivity index (χ3v) is 4.93. The molecule has 12 nitrogen and oxygen atoms in total. The summed E-state index contributed by atoms with van der Waals surface area (Å²) in [5.74, 6) is -1.11. The van der Waals surface area contributed by atoms with Crippen LogP contribution < -0.4 is 27.4 Å². The Morgan fingerprint density at radius 2 is 1.23 bits per heavy atom. The van der Waals surface area contributed by atoms with Crippen molar-refractivity contribution in [3.05, 3.63) is 53.9 Å². The van der Waals surface area contributed by atoms with Crippen LogP contribution in [0.5, 0.6) is 0 Å². The summed E-state index contributed by atoms with van der Waals surface area (Å²) in [5.41, 5.74) is 13.4. The lowest BCUT2D eigenvalue weighted by Gasteiger charge is -2.04. The predicted octanol–water partition coefficient (Wildman–Crippen LogP) is 1.69. The zero-order chi connectivity index (χ0) is 24.3. The topological polar surface area (TPSA) is 178 Å². The summed E-state index contributed by atoms with van der Waals surface area (Å²) >= 11 is 0. The van der Waals surface area contributed by atoms with Gasteiger partial charge in [0.25, 0.3) is 17.7 Å². The number of rotatable bonds is 8. The Morgan fingerprint density at radius 1 is 0.800 bits per heavy atom. The van der Waals surface area contributed by atoms with Gasteiger partial charge in [0.05, 0.1) is 22.9 Å². The molecule has 0 unspecified atom stereocenters. The summed E-state index contributed by atoms with van der Waals surface area (Å²) in [7, 11) is 5.08. The minimum atomic E-state index is -0.407. The van der Waals surface area contributed by atoms with Crippen LogP contribution >= 0.6 is 24.8 Å². The Bertz CT molecular complexity index is 1240. The number of aryl methyl sites for hydroxylation is 3. The SMILES string of the molecule is Cl.Cl.Cn1cc(NC(=O)c2cc(NC(=O)c3cc(N)cn3C)cn2C)cc1C(=O)NCCC(=N)N. The largest absolute Gasteiger partial charge is 0.397 e. The Hall–Kier alpha value is -3.90. The second-order valence-electron chi connectivity index (χ2n) is 7.66. The van der Waals surface area contributed by atoms with Crippen LogP contribution in [0, 0.1) is 5.41 Å². The minimum absolute atomic E-state index is 0. The molecule has 0 atom stereocenters. The van der Waals surface area contributed by atoms with Gasteiger partial charge in [-0.05, 0) is 18.2 Å². The summed E-state index contributed by atoms with van der Waals surface area (Å²) in [4.78, 5) is 37.6. The number of amidine groups is 1.